The van der Waals surface area contributed by atoms with Gasteiger partial charge in [-0.3, -0.25) is 9.80 Å². The molecule has 0 bridgehead atoms. The molecule has 0 amide bonds. The first-order chi connectivity index (χ1) is 14.9. The summed E-state index contributed by atoms with van der Waals surface area (Å²) in [5.74, 6) is 7.26. The summed E-state index contributed by atoms with van der Waals surface area (Å²) in [6, 6.07) is 19.4. The number of nitrogens with zero attached hydrogens (tertiary/aromatic N) is 1. The Labute approximate surface area is 191 Å². The smallest absolute Gasteiger partial charge is 0.195 e. The second-order valence-corrected chi connectivity index (χ2v) is 7.45. The Morgan fingerprint density at radius 1 is 1.03 bits per heavy atom. The first-order valence-corrected chi connectivity index (χ1v) is 10.1. The minimum absolute atomic E-state index is 0.147. The summed E-state index contributed by atoms with van der Waals surface area (Å²) in [7, 11) is 3.15. The van der Waals surface area contributed by atoms with Crippen LogP contribution in [-0.2, 0) is 6.54 Å². The van der Waals surface area contributed by atoms with E-state index in [9.17, 15) is 4.79 Å². The number of thiocarbonyl (C=S) groups is 1. The lowest BCUT2D eigenvalue weighted by Gasteiger charge is -2.22. The predicted molar refractivity (Wildman–Crippen MR) is 127 cm³/mol. The normalized spacial score (nSPS) is 10.3. The number of halogens is 1. The van der Waals surface area contributed by atoms with Gasteiger partial charge in [0, 0.05) is 16.1 Å². The standard InChI is InChI=1S/C23H22ClN3O3S/c1-29-20-12-7-15(13-21(20)30-2)14-27(25)23(31)26-19-6-4-3-5-18(19)22(28)16-8-10-17(24)11-9-16/h3-13H,14,25H2,1-2H3,(H,26,31). The topological polar surface area (TPSA) is 76.8 Å². The van der Waals surface area contributed by atoms with Gasteiger partial charge >= 0.3 is 0 Å². The molecule has 160 valence electrons. The number of hydrogen-bond donors (Lipinski definition) is 2. The summed E-state index contributed by atoms with van der Waals surface area (Å²) in [6.07, 6.45) is 0. The molecular weight excluding hydrogens is 434 g/mol. The van der Waals surface area contributed by atoms with Crippen molar-refractivity contribution in [3.05, 3.63) is 88.4 Å². The first kappa shape index (κ1) is 22.6. The SMILES string of the molecule is COc1ccc(CN(N)C(=S)Nc2ccccc2C(=O)c2ccc(Cl)cc2)cc1OC. The van der Waals surface area contributed by atoms with E-state index in [2.05, 4.69) is 5.32 Å². The Morgan fingerprint density at radius 2 is 1.71 bits per heavy atom. The average molecular weight is 456 g/mol. The van der Waals surface area contributed by atoms with Gasteiger partial charge in [-0.05, 0) is 66.3 Å². The molecule has 0 aromatic heterocycles. The number of anilines is 1. The molecule has 0 saturated heterocycles. The highest BCUT2D eigenvalue weighted by atomic mass is 35.5. The molecule has 0 radical (unpaired) electrons. The highest BCUT2D eigenvalue weighted by molar-refractivity contribution is 7.80. The lowest BCUT2D eigenvalue weighted by atomic mass is 10.0. The second-order valence-electron chi connectivity index (χ2n) is 6.63. The molecule has 0 atom stereocenters. The summed E-state index contributed by atoms with van der Waals surface area (Å²) in [4.78, 5) is 13.0. The van der Waals surface area contributed by atoms with E-state index in [1.807, 2.05) is 18.2 Å². The van der Waals surface area contributed by atoms with Gasteiger partial charge in [-0.25, -0.2) is 5.84 Å². The van der Waals surface area contributed by atoms with E-state index < -0.39 is 0 Å². The predicted octanol–water partition coefficient (Wildman–Crippen LogP) is 4.66. The second kappa shape index (κ2) is 10.3. The Bertz CT molecular complexity index is 1090. The molecule has 0 aliphatic heterocycles. The average Bonchev–Trinajstić information content (AvgIpc) is 2.79. The van der Waals surface area contributed by atoms with Crippen molar-refractivity contribution < 1.29 is 14.3 Å². The molecular formula is C23H22ClN3O3S. The van der Waals surface area contributed by atoms with E-state index in [-0.39, 0.29) is 10.9 Å². The van der Waals surface area contributed by atoms with Crippen LogP contribution in [0.2, 0.25) is 5.02 Å². The Balaban J connectivity index is 1.74. The lowest BCUT2D eigenvalue weighted by molar-refractivity contribution is 0.103. The fraction of sp³-hybridized carbons (Fsp3) is 0.130. The maximum absolute atomic E-state index is 13.0. The van der Waals surface area contributed by atoms with Gasteiger partial charge in [0.15, 0.2) is 22.4 Å². The van der Waals surface area contributed by atoms with Gasteiger partial charge in [-0.2, -0.15) is 0 Å². The monoisotopic (exact) mass is 455 g/mol. The summed E-state index contributed by atoms with van der Waals surface area (Å²) in [5, 5.41) is 5.30. The number of carbonyl (C=O) groups excluding carboxylic acids is 1. The molecule has 8 heteroatoms. The van der Waals surface area contributed by atoms with Crippen LogP contribution in [0, 0.1) is 0 Å². The van der Waals surface area contributed by atoms with Crippen molar-refractivity contribution in [1.29, 1.82) is 0 Å². The molecule has 0 heterocycles. The molecule has 3 rings (SSSR count). The van der Waals surface area contributed by atoms with Crippen molar-refractivity contribution >= 4 is 40.4 Å². The number of hydrogen-bond acceptors (Lipinski definition) is 5. The van der Waals surface area contributed by atoms with Crippen molar-refractivity contribution in [2.75, 3.05) is 19.5 Å². The fourth-order valence-corrected chi connectivity index (χ4v) is 3.28. The fourth-order valence-electron chi connectivity index (χ4n) is 2.98. The number of para-hydroxylation sites is 1. The van der Waals surface area contributed by atoms with Crippen molar-refractivity contribution in [3.63, 3.8) is 0 Å². The molecule has 31 heavy (non-hydrogen) atoms. The van der Waals surface area contributed by atoms with Crippen LogP contribution >= 0.6 is 23.8 Å². The summed E-state index contributed by atoms with van der Waals surface area (Å²) in [6.45, 7) is 0.333. The molecule has 3 N–H and O–H groups in total. The Kier molecular flexibility index (Phi) is 7.46. The van der Waals surface area contributed by atoms with Crippen LogP contribution < -0.4 is 20.6 Å². The molecule has 0 saturated carbocycles. The summed E-state index contributed by atoms with van der Waals surface area (Å²) in [5.41, 5.74) is 2.45. The number of benzene rings is 3. The van der Waals surface area contributed by atoms with Crippen molar-refractivity contribution in [3.8, 4) is 11.5 Å². The van der Waals surface area contributed by atoms with Gasteiger partial charge in [0.05, 0.1) is 26.5 Å². The lowest BCUT2D eigenvalue weighted by Crippen LogP contribution is -2.40. The number of rotatable bonds is 7. The first-order valence-electron chi connectivity index (χ1n) is 9.36. The van der Waals surface area contributed by atoms with Gasteiger partial charge in [0.1, 0.15) is 0 Å². The van der Waals surface area contributed by atoms with Crippen LogP contribution in [-0.4, -0.2) is 30.1 Å². The van der Waals surface area contributed by atoms with Crippen LogP contribution in [0.15, 0.2) is 66.7 Å². The molecule has 0 spiro atoms. The highest BCUT2D eigenvalue weighted by Gasteiger charge is 2.16. The van der Waals surface area contributed by atoms with Crippen molar-refractivity contribution in [2.24, 2.45) is 5.84 Å². The van der Waals surface area contributed by atoms with E-state index in [4.69, 9.17) is 39.1 Å². The van der Waals surface area contributed by atoms with Crippen LogP contribution in [0.5, 0.6) is 11.5 Å². The third-order valence-electron chi connectivity index (χ3n) is 4.58. The largest absolute Gasteiger partial charge is 0.493 e. The summed E-state index contributed by atoms with van der Waals surface area (Å²) >= 11 is 11.4. The van der Waals surface area contributed by atoms with Crippen LogP contribution in [0.4, 0.5) is 5.69 Å². The van der Waals surface area contributed by atoms with Gasteiger partial charge in [0.2, 0.25) is 0 Å². The minimum atomic E-state index is -0.147. The van der Waals surface area contributed by atoms with E-state index in [0.717, 1.165) is 5.56 Å². The zero-order valence-electron chi connectivity index (χ0n) is 17.1. The van der Waals surface area contributed by atoms with Crippen LogP contribution in [0.3, 0.4) is 0 Å². The maximum atomic E-state index is 13.0. The third-order valence-corrected chi connectivity index (χ3v) is 5.17. The van der Waals surface area contributed by atoms with Crippen LogP contribution in [0.25, 0.3) is 0 Å². The number of ketones is 1. The Morgan fingerprint density at radius 3 is 2.39 bits per heavy atom. The van der Waals surface area contributed by atoms with E-state index in [1.165, 1.54) is 5.01 Å². The molecule has 0 fully saturated rings. The molecule has 3 aromatic carbocycles. The van der Waals surface area contributed by atoms with Gasteiger partial charge < -0.3 is 14.8 Å². The number of nitrogens with two attached hydrogens (primary N) is 1. The van der Waals surface area contributed by atoms with E-state index >= 15 is 0 Å². The maximum Gasteiger partial charge on any atom is 0.195 e. The van der Waals surface area contributed by atoms with Gasteiger partial charge in [0.25, 0.3) is 0 Å². The van der Waals surface area contributed by atoms with Gasteiger partial charge in [-0.1, -0.05) is 29.8 Å². The zero-order chi connectivity index (χ0) is 22.4. The summed E-state index contributed by atoms with van der Waals surface area (Å²) < 4.78 is 10.6. The molecule has 3 aromatic rings. The quantitative estimate of drug-likeness (QED) is 0.232. The molecule has 0 unspecified atom stereocenters. The zero-order valence-corrected chi connectivity index (χ0v) is 18.7. The van der Waals surface area contributed by atoms with Gasteiger partial charge in [-0.15, -0.1) is 0 Å². The number of carbonyl (C=O) groups is 1. The third kappa shape index (κ3) is 5.52. The van der Waals surface area contributed by atoms with E-state index in [1.54, 1.807) is 62.8 Å². The van der Waals surface area contributed by atoms with Crippen molar-refractivity contribution in [2.45, 2.75) is 6.54 Å². The number of nitrogens with one attached hydrogen (secondary N) is 1. The molecule has 0 aliphatic rings. The molecule has 6 nitrogen and oxygen atoms in total. The molecule has 0 aliphatic carbocycles. The number of ether oxygens (including phenoxy) is 2. The Hall–Kier alpha value is -3.13. The van der Waals surface area contributed by atoms with Crippen molar-refractivity contribution in [1.82, 2.24) is 5.01 Å². The van der Waals surface area contributed by atoms with E-state index in [0.29, 0.717) is 39.9 Å². The number of hydrazine groups is 1. The van der Waals surface area contributed by atoms with Crippen LogP contribution in [0.1, 0.15) is 21.5 Å². The highest BCUT2D eigenvalue weighted by Crippen LogP contribution is 2.28. The number of methoxy groups -OCH3 is 2. The minimum Gasteiger partial charge on any atom is -0.493 e.